The fourth-order valence-corrected chi connectivity index (χ4v) is 1.71. The van der Waals surface area contributed by atoms with Crippen molar-refractivity contribution in [3.05, 3.63) is 11.9 Å². The number of rotatable bonds is 8. The van der Waals surface area contributed by atoms with Crippen LogP contribution in [-0.2, 0) is 6.42 Å². The van der Waals surface area contributed by atoms with Crippen LogP contribution in [0.1, 0.15) is 51.8 Å². The number of hydrogen-bond acceptors (Lipinski definition) is 4. The highest BCUT2D eigenvalue weighted by Gasteiger charge is 2.01. The van der Waals surface area contributed by atoms with E-state index in [9.17, 15) is 0 Å². The summed E-state index contributed by atoms with van der Waals surface area (Å²) in [7, 11) is 0. The van der Waals surface area contributed by atoms with Crippen LogP contribution in [0.15, 0.2) is 6.07 Å². The van der Waals surface area contributed by atoms with E-state index < -0.39 is 0 Å². The van der Waals surface area contributed by atoms with Gasteiger partial charge in [-0.25, -0.2) is 9.97 Å². The molecular weight excluding hydrogens is 212 g/mol. The maximum Gasteiger partial charge on any atom is 0.133 e. The molecule has 1 aromatic heterocycles. The minimum atomic E-state index is 0.555. The number of nitrogens with two attached hydrogens (primary N) is 1. The molecule has 1 rings (SSSR count). The average Bonchev–Trinajstić information content (AvgIpc) is 2.28. The number of anilines is 2. The standard InChI is InChI=1S/C13H24N4/c1-3-5-6-7-9-15-13-10-11(14)16-12(17-13)8-4-2/h10H,3-9H2,1-2H3,(H3,14,15,16,17). The zero-order chi connectivity index (χ0) is 12.5. The van der Waals surface area contributed by atoms with Crippen LogP contribution >= 0.6 is 0 Å². The van der Waals surface area contributed by atoms with Crippen LogP contribution in [0.4, 0.5) is 11.6 Å². The van der Waals surface area contributed by atoms with Gasteiger partial charge in [0.25, 0.3) is 0 Å². The Morgan fingerprint density at radius 2 is 1.94 bits per heavy atom. The summed E-state index contributed by atoms with van der Waals surface area (Å²) >= 11 is 0. The molecule has 0 saturated carbocycles. The zero-order valence-corrected chi connectivity index (χ0v) is 11.0. The lowest BCUT2D eigenvalue weighted by Gasteiger charge is -2.07. The molecule has 96 valence electrons. The molecule has 0 atom stereocenters. The molecule has 0 aliphatic carbocycles. The summed E-state index contributed by atoms with van der Waals surface area (Å²) in [6, 6.07) is 1.80. The van der Waals surface area contributed by atoms with Gasteiger partial charge < -0.3 is 11.1 Å². The lowest BCUT2D eigenvalue weighted by Crippen LogP contribution is -2.07. The Morgan fingerprint density at radius 1 is 1.12 bits per heavy atom. The minimum absolute atomic E-state index is 0.555. The monoisotopic (exact) mass is 236 g/mol. The van der Waals surface area contributed by atoms with Crippen LogP contribution in [0.25, 0.3) is 0 Å². The second-order valence-corrected chi connectivity index (χ2v) is 4.33. The van der Waals surface area contributed by atoms with E-state index in [0.717, 1.165) is 31.0 Å². The number of nitrogens with zero attached hydrogens (tertiary/aromatic N) is 2. The van der Waals surface area contributed by atoms with Crippen molar-refractivity contribution in [2.45, 2.75) is 52.4 Å². The SMILES string of the molecule is CCCCCCNc1cc(N)nc(CCC)n1. The maximum atomic E-state index is 5.75. The fourth-order valence-electron chi connectivity index (χ4n) is 1.71. The molecule has 3 N–H and O–H groups in total. The van der Waals surface area contributed by atoms with Crippen molar-refractivity contribution >= 4 is 11.6 Å². The molecule has 0 bridgehead atoms. The number of aryl methyl sites for hydroxylation is 1. The van der Waals surface area contributed by atoms with Crippen LogP contribution in [0.5, 0.6) is 0 Å². The maximum absolute atomic E-state index is 5.75. The molecule has 0 radical (unpaired) electrons. The van der Waals surface area contributed by atoms with Crippen LogP contribution in [0, 0.1) is 0 Å². The van der Waals surface area contributed by atoms with Gasteiger partial charge in [0.15, 0.2) is 0 Å². The van der Waals surface area contributed by atoms with E-state index in [-0.39, 0.29) is 0 Å². The van der Waals surface area contributed by atoms with Gasteiger partial charge in [-0.05, 0) is 12.8 Å². The third kappa shape index (κ3) is 5.52. The first-order valence-corrected chi connectivity index (χ1v) is 6.63. The van der Waals surface area contributed by atoms with Gasteiger partial charge in [0.05, 0.1) is 0 Å². The van der Waals surface area contributed by atoms with Gasteiger partial charge in [-0.15, -0.1) is 0 Å². The Bertz CT molecular complexity index is 325. The summed E-state index contributed by atoms with van der Waals surface area (Å²) in [6.07, 6.45) is 6.94. The van der Waals surface area contributed by atoms with Gasteiger partial charge in [-0.3, -0.25) is 0 Å². The van der Waals surface area contributed by atoms with Crippen molar-refractivity contribution in [1.29, 1.82) is 0 Å². The predicted octanol–water partition coefficient (Wildman–Crippen LogP) is 3.00. The Labute approximate surface area is 104 Å². The van der Waals surface area contributed by atoms with E-state index in [1.807, 2.05) is 0 Å². The first kappa shape index (κ1) is 13.7. The van der Waals surface area contributed by atoms with Crippen LogP contribution in [0.3, 0.4) is 0 Å². The molecule has 0 spiro atoms. The van der Waals surface area contributed by atoms with Crippen LogP contribution < -0.4 is 11.1 Å². The molecule has 0 amide bonds. The van der Waals surface area contributed by atoms with Gasteiger partial charge in [0.2, 0.25) is 0 Å². The number of hydrogen-bond donors (Lipinski definition) is 2. The van der Waals surface area contributed by atoms with E-state index in [2.05, 4.69) is 29.1 Å². The molecule has 0 fully saturated rings. The Morgan fingerprint density at radius 3 is 2.65 bits per heavy atom. The average molecular weight is 236 g/mol. The van der Waals surface area contributed by atoms with Crippen molar-refractivity contribution in [2.75, 3.05) is 17.6 Å². The van der Waals surface area contributed by atoms with E-state index in [0.29, 0.717) is 5.82 Å². The van der Waals surface area contributed by atoms with Gasteiger partial charge in [-0.1, -0.05) is 33.1 Å². The van der Waals surface area contributed by atoms with Gasteiger partial charge in [0, 0.05) is 19.0 Å². The molecular formula is C13H24N4. The van der Waals surface area contributed by atoms with E-state index in [1.165, 1.54) is 25.7 Å². The van der Waals surface area contributed by atoms with Crippen molar-refractivity contribution in [2.24, 2.45) is 0 Å². The molecule has 17 heavy (non-hydrogen) atoms. The lowest BCUT2D eigenvalue weighted by atomic mass is 10.2. The highest BCUT2D eigenvalue weighted by molar-refractivity contribution is 5.44. The van der Waals surface area contributed by atoms with Crippen molar-refractivity contribution in [3.8, 4) is 0 Å². The van der Waals surface area contributed by atoms with E-state index in [4.69, 9.17) is 5.73 Å². The molecule has 1 aromatic rings. The van der Waals surface area contributed by atoms with Crippen LogP contribution in [0.2, 0.25) is 0 Å². The Balaban J connectivity index is 2.41. The Kier molecular flexibility index (Phi) is 6.37. The Hall–Kier alpha value is -1.32. The van der Waals surface area contributed by atoms with Crippen molar-refractivity contribution in [1.82, 2.24) is 9.97 Å². The van der Waals surface area contributed by atoms with Crippen LogP contribution in [-0.4, -0.2) is 16.5 Å². The second kappa shape index (κ2) is 7.87. The quantitative estimate of drug-likeness (QED) is 0.681. The highest BCUT2D eigenvalue weighted by Crippen LogP contribution is 2.10. The predicted molar refractivity (Wildman–Crippen MR) is 73.1 cm³/mol. The largest absolute Gasteiger partial charge is 0.384 e. The van der Waals surface area contributed by atoms with Gasteiger partial charge in [-0.2, -0.15) is 0 Å². The number of aromatic nitrogens is 2. The second-order valence-electron chi connectivity index (χ2n) is 4.33. The normalized spacial score (nSPS) is 10.5. The summed E-state index contributed by atoms with van der Waals surface area (Å²) in [4.78, 5) is 8.65. The van der Waals surface area contributed by atoms with Gasteiger partial charge >= 0.3 is 0 Å². The fraction of sp³-hybridized carbons (Fsp3) is 0.692. The van der Waals surface area contributed by atoms with E-state index in [1.54, 1.807) is 6.07 Å². The van der Waals surface area contributed by atoms with Gasteiger partial charge in [0.1, 0.15) is 17.5 Å². The molecule has 0 aliphatic heterocycles. The van der Waals surface area contributed by atoms with Crippen molar-refractivity contribution < 1.29 is 0 Å². The number of nitrogens with one attached hydrogen (secondary N) is 1. The summed E-state index contributed by atoms with van der Waals surface area (Å²) < 4.78 is 0. The van der Waals surface area contributed by atoms with E-state index >= 15 is 0 Å². The zero-order valence-electron chi connectivity index (χ0n) is 11.0. The number of unbranched alkanes of at least 4 members (excludes halogenated alkanes) is 3. The molecule has 0 unspecified atom stereocenters. The number of nitrogen functional groups attached to an aromatic ring is 1. The molecule has 4 heteroatoms. The molecule has 4 nitrogen and oxygen atoms in total. The van der Waals surface area contributed by atoms with Crippen molar-refractivity contribution in [3.63, 3.8) is 0 Å². The molecule has 1 heterocycles. The minimum Gasteiger partial charge on any atom is -0.384 e. The first-order chi connectivity index (χ1) is 8.26. The molecule has 0 aromatic carbocycles. The summed E-state index contributed by atoms with van der Waals surface area (Å²) in [6.45, 7) is 5.29. The molecule has 0 saturated heterocycles. The highest BCUT2D eigenvalue weighted by atomic mass is 15.0. The summed E-state index contributed by atoms with van der Waals surface area (Å²) in [5, 5.41) is 3.31. The third-order valence-corrected chi connectivity index (χ3v) is 2.60. The first-order valence-electron chi connectivity index (χ1n) is 6.63. The lowest BCUT2D eigenvalue weighted by molar-refractivity contribution is 0.684. The smallest absolute Gasteiger partial charge is 0.133 e. The summed E-state index contributed by atoms with van der Waals surface area (Å²) in [5.74, 6) is 2.25. The topological polar surface area (TPSA) is 63.8 Å². The third-order valence-electron chi connectivity index (χ3n) is 2.60. The summed E-state index contributed by atoms with van der Waals surface area (Å²) in [5.41, 5.74) is 5.75. The molecule has 0 aliphatic rings.